The van der Waals surface area contributed by atoms with Crippen LogP contribution in [0.3, 0.4) is 0 Å². The average Bonchev–Trinajstić information content (AvgIpc) is 3.60. The molecule has 2 fully saturated rings. The maximum Gasteiger partial charge on any atom is 0.319 e. The molecule has 2 amide bonds. The maximum atomic E-state index is 16.1. The first-order chi connectivity index (χ1) is 15.9. The van der Waals surface area contributed by atoms with Crippen LogP contribution >= 0.6 is 0 Å². The number of alkyl halides is 4. The van der Waals surface area contributed by atoms with Gasteiger partial charge in [-0.25, -0.2) is 35.5 Å². The van der Waals surface area contributed by atoms with Crippen LogP contribution in [0.1, 0.15) is 24.8 Å². The van der Waals surface area contributed by atoms with Crippen LogP contribution in [-0.4, -0.2) is 80.0 Å². The van der Waals surface area contributed by atoms with Crippen LogP contribution in [0.4, 0.5) is 22.4 Å². The van der Waals surface area contributed by atoms with Crippen molar-refractivity contribution >= 4 is 21.6 Å². The van der Waals surface area contributed by atoms with Gasteiger partial charge in [-0.1, -0.05) is 42.5 Å². The number of nitrogens with one attached hydrogen (secondary N) is 1. The predicted molar refractivity (Wildman–Crippen MR) is 120 cm³/mol. The van der Waals surface area contributed by atoms with Crippen molar-refractivity contribution in [2.24, 2.45) is 0 Å². The number of carbonyl (C=O) groups excluding carboxylic acids is 1. The van der Waals surface area contributed by atoms with E-state index in [0.29, 0.717) is 18.4 Å². The number of amides is 2. The Morgan fingerprint density at radius 3 is 2.41 bits per heavy atom. The number of hydrogen-bond donors (Lipinski definition) is 1. The number of halogens is 4. The minimum atomic E-state index is -4.10. The van der Waals surface area contributed by atoms with Crippen molar-refractivity contribution in [3.63, 3.8) is 0 Å². The molecule has 2 unspecified atom stereocenters. The monoisotopic (exact) mass is 501 g/mol. The van der Waals surface area contributed by atoms with Gasteiger partial charge < -0.3 is 9.80 Å². The zero-order valence-corrected chi connectivity index (χ0v) is 19.6. The number of benzene rings is 1. The van der Waals surface area contributed by atoms with Crippen molar-refractivity contribution in [3.8, 4) is 0 Å². The highest BCUT2D eigenvalue weighted by atomic mass is 32.2. The summed E-state index contributed by atoms with van der Waals surface area (Å²) in [7, 11) is -1.41. The number of carbonyl (C=O) groups is 1. The molecule has 11 heteroatoms. The molecule has 1 aliphatic heterocycles. The van der Waals surface area contributed by atoms with Gasteiger partial charge in [0.25, 0.3) is 5.92 Å². The van der Waals surface area contributed by atoms with E-state index in [2.05, 4.69) is 0 Å². The smallest absolute Gasteiger partial charge is 0.319 e. The molecule has 2 aliphatic carbocycles. The molecule has 6 nitrogen and oxygen atoms in total. The molecule has 1 aromatic rings. The molecule has 0 bridgehead atoms. The van der Waals surface area contributed by atoms with Crippen molar-refractivity contribution in [2.75, 3.05) is 20.6 Å². The summed E-state index contributed by atoms with van der Waals surface area (Å²) in [6, 6.07) is 3.74. The summed E-state index contributed by atoms with van der Waals surface area (Å²) >= 11 is 0. The van der Waals surface area contributed by atoms with Crippen LogP contribution in [0.2, 0.25) is 0 Å². The van der Waals surface area contributed by atoms with E-state index >= 15 is 17.6 Å². The Kier molecular flexibility index (Phi) is 6.30. The standard InChI is InChI=1S/C23H27F4N3O3S/c1-29(2)21(31)30-14-23(26,27)20(28-34(32,33)16-10-11-16)18(30)13-22(25)12-6-9-17(19(22)24)15-7-4-3-5-8-15/h3-9,12,16,18-20,28H,10-11,13-14H2,1-2H3/t18-,19?,20+,22?/m0/s1. The fourth-order valence-electron chi connectivity index (χ4n) is 4.52. The maximum absolute atomic E-state index is 16.1. The van der Waals surface area contributed by atoms with Gasteiger partial charge in [0.15, 0.2) is 11.8 Å². The van der Waals surface area contributed by atoms with Crippen molar-refractivity contribution < 1.29 is 30.8 Å². The first-order valence-electron chi connectivity index (χ1n) is 11.0. The van der Waals surface area contributed by atoms with Crippen molar-refractivity contribution in [2.45, 2.75) is 54.4 Å². The summed E-state index contributed by atoms with van der Waals surface area (Å²) in [6.07, 6.45) is 1.31. The Morgan fingerprint density at radius 1 is 1.18 bits per heavy atom. The normalized spacial score (nSPS) is 30.8. The molecule has 1 saturated carbocycles. The lowest BCUT2D eigenvalue weighted by atomic mass is 9.80. The minimum absolute atomic E-state index is 0.0379. The van der Waals surface area contributed by atoms with Crippen LogP contribution in [0.25, 0.3) is 5.57 Å². The lowest BCUT2D eigenvalue weighted by molar-refractivity contribution is -0.00679. The Bertz CT molecular complexity index is 1110. The van der Waals surface area contributed by atoms with Gasteiger partial charge in [0, 0.05) is 20.5 Å². The predicted octanol–water partition coefficient (Wildman–Crippen LogP) is 3.53. The average molecular weight is 502 g/mol. The molecule has 1 aromatic carbocycles. The Morgan fingerprint density at radius 2 is 1.82 bits per heavy atom. The molecule has 1 saturated heterocycles. The highest BCUT2D eigenvalue weighted by molar-refractivity contribution is 7.90. The Hall–Kier alpha value is -2.40. The molecular weight excluding hydrogens is 474 g/mol. The van der Waals surface area contributed by atoms with Gasteiger partial charge in [0.2, 0.25) is 10.0 Å². The van der Waals surface area contributed by atoms with Gasteiger partial charge in [-0.15, -0.1) is 0 Å². The summed E-state index contributed by atoms with van der Waals surface area (Å²) in [4.78, 5) is 14.5. The van der Waals surface area contributed by atoms with Gasteiger partial charge in [-0.05, 0) is 30.1 Å². The van der Waals surface area contributed by atoms with Gasteiger partial charge in [0.1, 0.15) is 6.04 Å². The zero-order chi connectivity index (χ0) is 24.9. The van der Waals surface area contributed by atoms with Gasteiger partial charge in [-0.2, -0.15) is 0 Å². The molecule has 4 atom stereocenters. The molecule has 0 radical (unpaired) electrons. The fourth-order valence-corrected chi connectivity index (χ4v) is 6.15. The van der Waals surface area contributed by atoms with Gasteiger partial charge in [-0.3, -0.25) is 0 Å². The van der Waals surface area contributed by atoms with E-state index in [0.717, 1.165) is 15.9 Å². The quantitative estimate of drug-likeness (QED) is 0.607. The number of nitrogens with zero attached hydrogens (tertiary/aromatic N) is 2. The van der Waals surface area contributed by atoms with E-state index < -0.39 is 64.1 Å². The highest BCUT2D eigenvalue weighted by Gasteiger charge is 2.61. The summed E-state index contributed by atoms with van der Waals surface area (Å²) < 4.78 is 88.9. The Balaban J connectivity index is 1.68. The van der Waals surface area contributed by atoms with Crippen LogP contribution in [0, 0.1) is 0 Å². The Labute approximate surface area is 196 Å². The number of rotatable bonds is 6. The lowest BCUT2D eigenvalue weighted by Gasteiger charge is -2.37. The first kappa shape index (κ1) is 24.7. The molecule has 0 spiro atoms. The number of urea groups is 1. The second-order valence-corrected chi connectivity index (χ2v) is 11.3. The topological polar surface area (TPSA) is 69.7 Å². The highest BCUT2D eigenvalue weighted by Crippen LogP contribution is 2.44. The van der Waals surface area contributed by atoms with Crippen molar-refractivity contribution in [1.29, 1.82) is 0 Å². The molecular formula is C23H27F4N3O3S. The summed E-state index contributed by atoms with van der Waals surface area (Å²) in [5.74, 6) is -3.67. The molecule has 3 aliphatic rings. The van der Waals surface area contributed by atoms with E-state index in [9.17, 15) is 13.2 Å². The molecule has 1 N–H and O–H groups in total. The third-order valence-electron chi connectivity index (χ3n) is 6.48. The third kappa shape index (κ3) is 4.59. The molecule has 34 heavy (non-hydrogen) atoms. The van der Waals surface area contributed by atoms with E-state index in [1.54, 1.807) is 30.3 Å². The number of likely N-dealkylation sites (tertiary alicyclic amines) is 1. The number of allylic oxidation sites excluding steroid dienone is 4. The molecule has 186 valence electrons. The second kappa shape index (κ2) is 8.67. The van der Waals surface area contributed by atoms with E-state index in [1.807, 2.05) is 4.72 Å². The van der Waals surface area contributed by atoms with Gasteiger partial charge in [0.05, 0.1) is 17.8 Å². The number of hydrogen-bond acceptors (Lipinski definition) is 3. The fraction of sp³-hybridized carbons (Fsp3) is 0.522. The largest absolute Gasteiger partial charge is 0.331 e. The van der Waals surface area contributed by atoms with Crippen LogP contribution in [0.15, 0.2) is 48.6 Å². The van der Waals surface area contributed by atoms with Crippen LogP contribution in [-0.2, 0) is 10.0 Å². The zero-order valence-electron chi connectivity index (χ0n) is 18.8. The summed E-state index contributed by atoms with van der Waals surface area (Å²) in [5.41, 5.74) is -2.26. The molecule has 4 rings (SSSR count). The molecule has 0 aromatic heterocycles. The third-order valence-corrected chi connectivity index (χ3v) is 8.41. The number of sulfonamides is 1. The first-order valence-corrected chi connectivity index (χ1v) is 12.5. The molecule has 1 heterocycles. The second-order valence-electron chi connectivity index (χ2n) is 9.31. The lowest BCUT2D eigenvalue weighted by Crippen LogP contribution is -2.55. The SMILES string of the molecule is CN(C)C(=O)N1CC(F)(F)[C@H](NS(=O)(=O)C2CC2)[C@@H]1CC1(F)C=CC=C(c2ccccc2)C1F. The summed E-state index contributed by atoms with van der Waals surface area (Å²) in [6.45, 7) is -1.11. The summed E-state index contributed by atoms with van der Waals surface area (Å²) in [5, 5.41) is -0.794. The van der Waals surface area contributed by atoms with Gasteiger partial charge >= 0.3 is 6.03 Å². The van der Waals surface area contributed by atoms with E-state index in [-0.39, 0.29) is 5.57 Å². The van der Waals surface area contributed by atoms with Crippen LogP contribution in [0.5, 0.6) is 0 Å². The van der Waals surface area contributed by atoms with Crippen molar-refractivity contribution in [1.82, 2.24) is 14.5 Å². The minimum Gasteiger partial charge on any atom is -0.331 e. The van der Waals surface area contributed by atoms with E-state index in [4.69, 9.17) is 0 Å². The van der Waals surface area contributed by atoms with E-state index in [1.165, 1.54) is 26.2 Å². The van der Waals surface area contributed by atoms with Crippen molar-refractivity contribution in [3.05, 3.63) is 54.1 Å². The van der Waals surface area contributed by atoms with Crippen LogP contribution < -0.4 is 4.72 Å².